The highest BCUT2D eigenvalue weighted by atomic mass is 19.3. The highest BCUT2D eigenvalue weighted by molar-refractivity contribution is 6.08. The molecule has 1 saturated heterocycles. The van der Waals surface area contributed by atoms with Crippen LogP contribution in [0, 0.1) is 12.7 Å². The average Bonchev–Trinajstić information content (AvgIpc) is 3.66. The maximum Gasteiger partial charge on any atom is 0.427 e. The van der Waals surface area contributed by atoms with Crippen LogP contribution in [0.5, 0.6) is 0 Å². The summed E-state index contributed by atoms with van der Waals surface area (Å²) in [5.41, 5.74) is -0.188. The zero-order valence-electron chi connectivity index (χ0n) is 30.1. The minimum absolute atomic E-state index is 0.0898. The van der Waals surface area contributed by atoms with Crippen LogP contribution in [0.2, 0.25) is 0 Å². The van der Waals surface area contributed by atoms with E-state index < -0.39 is 65.2 Å². The number of hydrogen-bond donors (Lipinski definition) is 0. The fraction of sp³-hybridized carbons (Fsp3) is 0.486. The number of amides is 2. The minimum atomic E-state index is -2.98. The molecule has 4 aromatic rings. The van der Waals surface area contributed by atoms with Gasteiger partial charge in [0, 0.05) is 34.7 Å². The van der Waals surface area contributed by atoms with Gasteiger partial charge in [0.25, 0.3) is 6.43 Å². The number of imide groups is 1. The van der Waals surface area contributed by atoms with Crippen LogP contribution in [0.3, 0.4) is 0 Å². The Balaban J connectivity index is 1.40. The van der Waals surface area contributed by atoms with E-state index in [2.05, 4.69) is 9.97 Å². The van der Waals surface area contributed by atoms with Crippen molar-refractivity contribution in [2.75, 3.05) is 4.90 Å². The van der Waals surface area contributed by atoms with Gasteiger partial charge in [-0.25, -0.2) is 27.7 Å². The van der Waals surface area contributed by atoms with E-state index in [4.69, 9.17) is 23.9 Å². The number of hydrogen-bond acceptors (Lipinski definition) is 9. The molecule has 1 aliphatic heterocycles. The van der Waals surface area contributed by atoms with Gasteiger partial charge in [-0.05, 0) is 104 Å². The molecule has 4 heterocycles. The summed E-state index contributed by atoms with van der Waals surface area (Å²) in [7, 11) is 0. The van der Waals surface area contributed by atoms with Crippen molar-refractivity contribution in [2.45, 2.75) is 117 Å². The predicted molar refractivity (Wildman–Crippen MR) is 183 cm³/mol. The highest BCUT2D eigenvalue weighted by Crippen LogP contribution is 2.46. The molecule has 11 nitrogen and oxygen atoms in total. The summed E-state index contributed by atoms with van der Waals surface area (Å²) >= 11 is 0. The van der Waals surface area contributed by atoms with E-state index in [-0.39, 0.29) is 11.3 Å². The van der Waals surface area contributed by atoms with Crippen LogP contribution in [0.15, 0.2) is 48.4 Å². The molecule has 2 amide bonds. The smallest absolute Gasteiger partial charge is 0.427 e. The number of carbonyl (C=O) groups excluding carboxylic acids is 2. The third kappa shape index (κ3) is 7.29. The fourth-order valence-corrected chi connectivity index (χ4v) is 6.53. The molecular weight excluding hydrogens is 667 g/mol. The summed E-state index contributed by atoms with van der Waals surface area (Å²) in [5.74, 6) is -2.11. The van der Waals surface area contributed by atoms with Gasteiger partial charge in [-0.2, -0.15) is 4.98 Å². The zero-order valence-corrected chi connectivity index (χ0v) is 30.1. The second kappa shape index (κ2) is 12.9. The van der Waals surface area contributed by atoms with Gasteiger partial charge < -0.3 is 23.5 Å². The Bertz CT molecular complexity index is 2020. The van der Waals surface area contributed by atoms with Crippen molar-refractivity contribution < 1.29 is 41.7 Å². The van der Waals surface area contributed by atoms with Gasteiger partial charge in [0.2, 0.25) is 5.95 Å². The highest BCUT2D eigenvalue weighted by Gasteiger charge is 2.50. The Hall–Kier alpha value is -4.56. The molecule has 0 N–H and O–H groups in total. The molecular formula is C37H42F3N5O6. The van der Waals surface area contributed by atoms with Gasteiger partial charge in [-0.1, -0.05) is 6.08 Å². The maximum absolute atomic E-state index is 15.0. The van der Waals surface area contributed by atoms with Gasteiger partial charge in [-0.3, -0.25) is 4.98 Å². The van der Waals surface area contributed by atoms with Gasteiger partial charge in [0.15, 0.2) is 5.79 Å². The molecule has 1 fully saturated rings. The van der Waals surface area contributed by atoms with Crippen molar-refractivity contribution in [1.82, 2.24) is 19.5 Å². The van der Waals surface area contributed by atoms with Crippen molar-refractivity contribution in [2.24, 2.45) is 0 Å². The first-order chi connectivity index (χ1) is 23.7. The van der Waals surface area contributed by atoms with Crippen molar-refractivity contribution >= 4 is 39.9 Å². The number of halogens is 3. The third-order valence-corrected chi connectivity index (χ3v) is 8.54. The Kier molecular flexibility index (Phi) is 9.16. The molecule has 0 radical (unpaired) electrons. The van der Waals surface area contributed by atoms with Gasteiger partial charge >= 0.3 is 12.2 Å². The monoisotopic (exact) mass is 709 g/mol. The van der Waals surface area contributed by atoms with E-state index in [0.29, 0.717) is 45.4 Å². The molecule has 6 rings (SSSR count). The number of aromatic nitrogens is 4. The van der Waals surface area contributed by atoms with E-state index in [1.165, 1.54) is 24.5 Å². The summed E-state index contributed by atoms with van der Waals surface area (Å²) in [4.78, 5) is 40.9. The second-order valence-corrected chi connectivity index (χ2v) is 15.3. The Morgan fingerprint density at radius 1 is 0.980 bits per heavy atom. The van der Waals surface area contributed by atoms with E-state index in [9.17, 15) is 22.8 Å². The number of pyridine rings is 1. The van der Waals surface area contributed by atoms with Crippen LogP contribution in [-0.2, 0) is 25.4 Å². The molecule has 0 saturated carbocycles. The Labute approximate surface area is 293 Å². The van der Waals surface area contributed by atoms with Crippen LogP contribution in [0.25, 0.3) is 21.8 Å². The molecule has 0 spiro atoms. The first-order valence-electron chi connectivity index (χ1n) is 16.7. The van der Waals surface area contributed by atoms with Crippen molar-refractivity contribution in [3.8, 4) is 0 Å². The van der Waals surface area contributed by atoms with Crippen molar-refractivity contribution in [3.05, 3.63) is 71.1 Å². The lowest BCUT2D eigenvalue weighted by Crippen LogP contribution is -2.44. The first kappa shape index (κ1) is 36.2. The molecule has 14 heteroatoms. The number of alkyl halides is 2. The topological polar surface area (TPSA) is 118 Å². The van der Waals surface area contributed by atoms with Gasteiger partial charge in [-0.15, -0.1) is 4.90 Å². The number of nitrogens with zero attached hydrogens (tertiary/aromatic N) is 5. The van der Waals surface area contributed by atoms with E-state index >= 15 is 0 Å². The summed E-state index contributed by atoms with van der Waals surface area (Å²) in [6, 6.07) is 4.00. The number of rotatable bonds is 6. The van der Waals surface area contributed by atoms with Gasteiger partial charge in [0.05, 0.1) is 17.3 Å². The average molecular weight is 710 g/mol. The summed E-state index contributed by atoms with van der Waals surface area (Å²) < 4.78 is 68.4. The molecule has 272 valence electrons. The first-order valence-corrected chi connectivity index (χ1v) is 16.7. The lowest BCUT2D eigenvalue weighted by Gasteiger charge is -2.27. The van der Waals surface area contributed by atoms with Crippen LogP contribution < -0.4 is 4.90 Å². The van der Waals surface area contributed by atoms with Gasteiger partial charge in [0.1, 0.15) is 34.9 Å². The molecule has 51 heavy (non-hydrogen) atoms. The Morgan fingerprint density at radius 2 is 1.65 bits per heavy atom. The Morgan fingerprint density at radius 3 is 2.27 bits per heavy atom. The molecule has 0 bridgehead atoms. The lowest BCUT2D eigenvalue weighted by molar-refractivity contribution is -0.147. The van der Waals surface area contributed by atoms with Crippen LogP contribution >= 0.6 is 0 Å². The molecule has 3 atom stereocenters. The number of aryl methyl sites for hydroxylation is 2. The summed E-state index contributed by atoms with van der Waals surface area (Å²) in [6.07, 6.45) is 1.45. The maximum atomic E-state index is 15.0. The normalized spacial score (nSPS) is 20.2. The van der Waals surface area contributed by atoms with E-state index in [1.54, 1.807) is 48.5 Å². The molecule has 2 aliphatic rings. The number of fused-ring (bicyclic) bond motifs is 3. The lowest BCUT2D eigenvalue weighted by atomic mass is 9.96. The summed E-state index contributed by atoms with van der Waals surface area (Å²) in [6.45, 7) is 15.4. The van der Waals surface area contributed by atoms with Crippen LogP contribution in [0.4, 0.5) is 28.7 Å². The van der Waals surface area contributed by atoms with E-state index in [0.717, 1.165) is 5.57 Å². The number of anilines is 1. The SMILES string of the molecule is Cc1nc(N(C(=O)OC(C)(C)C)C(=O)OC(C)(C)C)nc2c1ccn2[C@@H]1C=C(CCc2cc(C(F)F)c(F)c3ccncc23)[C@H]2OC(C)(C)O[C@H]21. The fourth-order valence-electron chi connectivity index (χ4n) is 6.53. The molecule has 1 aliphatic carbocycles. The van der Waals surface area contributed by atoms with Crippen LogP contribution in [-0.4, -0.2) is 60.9 Å². The van der Waals surface area contributed by atoms with E-state index in [1.807, 2.05) is 36.8 Å². The van der Waals surface area contributed by atoms with Crippen molar-refractivity contribution in [1.29, 1.82) is 0 Å². The zero-order chi connectivity index (χ0) is 37.2. The number of carbonyl (C=O) groups is 2. The third-order valence-electron chi connectivity index (χ3n) is 8.54. The predicted octanol–water partition coefficient (Wildman–Crippen LogP) is 8.68. The van der Waals surface area contributed by atoms with Crippen molar-refractivity contribution in [3.63, 3.8) is 0 Å². The quantitative estimate of drug-likeness (QED) is 0.181. The molecule has 3 aromatic heterocycles. The van der Waals surface area contributed by atoms with Crippen LogP contribution in [0.1, 0.15) is 91.1 Å². The number of ether oxygens (including phenoxy) is 4. The molecule has 1 aromatic carbocycles. The molecule has 0 unspecified atom stereocenters. The minimum Gasteiger partial charge on any atom is -0.443 e. The second-order valence-electron chi connectivity index (χ2n) is 15.3. The number of benzene rings is 1. The standard InChI is InChI=1S/C37H42F3N5O6/c1-19-22-13-15-44(31(22)43-32(42-19)45(33(46)50-35(2,3)4)34(47)51-36(5,6)7)26-17-21(28-29(26)49-37(8,9)48-28)11-10-20-16-24(30(39)40)27(38)23-12-14-41-18-25(20)23/h12-18,26,28-30H,10-11H2,1-9H3/t26-,28-,29+/m1/s1. The largest absolute Gasteiger partial charge is 0.443 e. The summed E-state index contributed by atoms with van der Waals surface area (Å²) in [5, 5.41) is 1.23.